The minimum Gasteiger partial charge on any atom is -0.744 e. The summed E-state index contributed by atoms with van der Waals surface area (Å²) in [6.45, 7) is 11.2. The van der Waals surface area contributed by atoms with E-state index in [-0.39, 0.29) is 35.1 Å². The van der Waals surface area contributed by atoms with Crippen LogP contribution in [0.15, 0.2) is 64.4 Å². The first-order valence-corrected chi connectivity index (χ1v) is 15.3. The Hall–Kier alpha value is -2.12. The first kappa shape index (κ1) is 31.4. The van der Waals surface area contributed by atoms with Crippen LogP contribution >= 0.6 is 0 Å². The van der Waals surface area contributed by atoms with Crippen LogP contribution in [0.1, 0.15) is 50.3 Å². The second-order valence-electron chi connectivity index (χ2n) is 8.93. The molecule has 0 saturated heterocycles. The Labute approximate surface area is 252 Å². The standard InChI is InChI=1S/C27H32N2O7S2.Na/c1-5-28(6-2)18-9-12-21-24(15-18)36-25-16-19(29(7-3)8-4)10-13-22(25)27(21)23-14-11-20(37(30,31)32)17-26(23)38(33,34)35;/h9-17,27H,5-8H2,1-4H3,(H,30,31,32)(H,33,34,35);/q;+1/p-2. The van der Waals surface area contributed by atoms with E-state index in [9.17, 15) is 25.9 Å². The quantitative estimate of drug-likeness (QED) is 0.213. The zero-order valence-electron chi connectivity index (χ0n) is 22.7. The maximum absolute atomic E-state index is 12.3. The molecule has 1 heterocycles. The van der Waals surface area contributed by atoms with Crippen LogP contribution in [0.4, 0.5) is 11.4 Å². The Kier molecular flexibility index (Phi) is 9.80. The van der Waals surface area contributed by atoms with E-state index in [0.29, 0.717) is 28.7 Å². The van der Waals surface area contributed by atoms with Gasteiger partial charge in [0.05, 0.1) is 9.79 Å². The molecule has 0 atom stereocenters. The van der Waals surface area contributed by atoms with E-state index in [1.165, 1.54) is 6.07 Å². The molecular formula is C27H30N2NaO7S2-. The molecule has 0 aliphatic carbocycles. The van der Waals surface area contributed by atoms with E-state index in [1.807, 2.05) is 64.1 Å². The van der Waals surface area contributed by atoms with Gasteiger partial charge in [-0.05, 0) is 57.5 Å². The van der Waals surface area contributed by atoms with Gasteiger partial charge in [0.1, 0.15) is 31.7 Å². The van der Waals surface area contributed by atoms with Crippen molar-refractivity contribution >= 4 is 31.6 Å². The summed E-state index contributed by atoms with van der Waals surface area (Å²) in [5.74, 6) is 0.240. The van der Waals surface area contributed by atoms with Crippen molar-refractivity contribution in [3.63, 3.8) is 0 Å². The van der Waals surface area contributed by atoms with Crippen molar-refractivity contribution in [1.82, 2.24) is 0 Å². The molecule has 4 rings (SSSR count). The van der Waals surface area contributed by atoms with Gasteiger partial charge < -0.3 is 23.6 Å². The molecule has 0 fully saturated rings. The normalized spacial score (nSPS) is 13.1. The molecule has 3 aromatic carbocycles. The summed E-state index contributed by atoms with van der Waals surface area (Å²) < 4.78 is 78.3. The van der Waals surface area contributed by atoms with Crippen LogP contribution in [0, 0.1) is 0 Å². The predicted octanol–water partition coefficient (Wildman–Crippen LogP) is 1.48. The third kappa shape index (κ3) is 6.30. The molecule has 9 nitrogen and oxygen atoms in total. The van der Waals surface area contributed by atoms with E-state index < -0.39 is 35.9 Å². The number of rotatable bonds is 9. The van der Waals surface area contributed by atoms with Gasteiger partial charge in [-0.25, -0.2) is 16.8 Å². The first-order valence-electron chi connectivity index (χ1n) is 12.4. The van der Waals surface area contributed by atoms with Gasteiger partial charge >= 0.3 is 29.6 Å². The number of hydrogen-bond donors (Lipinski definition) is 0. The van der Waals surface area contributed by atoms with Crippen LogP contribution in [0.5, 0.6) is 11.5 Å². The number of benzene rings is 3. The van der Waals surface area contributed by atoms with Crippen LogP contribution < -0.4 is 44.1 Å². The summed E-state index contributed by atoms with van der Waals surface area (Å²) in [7, 11) is -10.1. The second kappa shape index (κ2) is 12.2. The molecule has 0 aromatic heterocycles. The van der Waals surface area contributed by atoms with E-state index in [2.05, 4.69) is 9.80 Å². The van der Waals surface area contributed by atoms with Gasteiger partial charge in [0.2, 0.25) is 0 Å². The molecule has 0 saturated carbocycles. The second-order valence-corrected chi connectivity index (χ2v) is 11.7. The van der Waals surface area contributed by atoms with Gasteiger partial charge in [0.15, 0.2) is 0 Å². The van der Waals surface area contributed by atoms with Crippen LogP contribution in [0.2, 0.25) is 0 Å². The molecule has 0 bridgehead atoms. The molecule has 39 heavy (non-hydrogen) atoms. The Morgan fingerprint density at radius 1 is 0.667 bits per heavy atom. The zero-order chi connectivity index (χ0) is 27.8. The molecule has 0 radical (unpaired) electrons. The van der Waals surface area contributed by atoms with E-state index in [4.69, 9.17) is 4.74 Å². The molecule has 3 aromatic rings. The minimum absolute atomic E-state index is 0. The largest absolute Gasteiger partial charge is 1.00 e. The first-order chi connectivity index (χ1) is 17.9. The molecule has 1 aliphatic heterocycles. The van der Waals surface area contributed by atoms with Gasteiger partial charge in [-0.15, -0.1) is 0 Å². The molecule has 0 amide bonds. The third-order valence-corrected chi connectivity index (χ3v) is 8.67. The molecule has 1 aliphatic rings. The summed E-state index contributed by atoms with van der Waals surface area (Å²) in [6.07, 6.45) is 0. The summed E-state index contributed by atoms with van der Waals surface area (Å²) in [4.78, 5) is 2.75. The van der Waals surface area contributed by atoms with Crippen molar-refractivity contribution in [1.29, 1.82) is 0 Å². The number of fused-ring (bicyclic) bond motifs is 2. The molecule has 12 heteroatoms. The number of nitrogens with zero attached hydrogens (tertiary/aromatic N) is 2. The Bertz CT molecular complexity index is 1510. The minimum atomic E-state index is -5.14. The van der Waals surface area contributed by atoms with Crippen molar-refractivity contribution in [3.05, 3.63) is 71.3 Å². The monoisotopic (exact) mass is 581 g/mol. The van der Waals surface area contributed by atoms with Gasteiger partial charge in [-0.3, -0.25) is 0 Å². The molecule has 204 valence electrons. The molecular weight excluding hydrogens is 551 g/mol. The fourth-order valence-electron chi connectivity index (χ4n) is 5.02. The average Bonchev–Trinajstić information content (AvgIpc) is 2.87. The maximum atomic E-state index is 12.3. The molecule has 0 N–H and O–H groups in total. The number of hydrogen-bond acceptors (Lipinski definition) is 9. The smallest absolute Gasteiger partial charge is 0.744 e. The Morgan fingerprint density at radius 2 is 1.10 bits per heavy atom. The van der Waals surface area contributed by atoms with Crippen LogP contribution in [-0.2, 0) is 20.2 Å². The topological polar surface area (TPSA) is 130 Å². The van der Waals surface area contributed by atoms with Crippen molar-refractivity contribution in [2.45, 2.75) is 43.4 Å². The van der Waals surface area contributed by atoms with E-state index in [0.717, 1.165) is 43.6 Å². The van der Waals surface area contributed by atoms with E-state index in [1.54, 1.807) is 0 Å². The van der Waals surface area contributed by atoms with Gasteiger partial charge in [0.25, 0.3) is 0 Å². The van der Waals surface area contributed by atoms with Crippen molar-refractivity contribution < 1.29 is 60.2 Å². The fraction of sp³-hybridized carbons (Fsp3) is 0.333. The van der Waals surface area contributed by atoms with E-state index >= 15 is 0 Å². The van der Waals surface area contributed by atoms with Crippen LogP contribution in [0.25, 0.3) is 0 Å². The predicted molar refractivity (Wildman–Crippen MR) is 143 cm³/mol. The summed E-state index contributed by atoms with van der Waals surface area (Å²) >= 11 is 0. The zero-order valence-corrected chi connectivity index (χ0v) is 26.3. The summed E-state index contributed by atoms with van der Waals surface area (Å²) in [6, 6.07) is 14.1. The number of anilines is 2. The van der Waals surface area contributed by atoms with Crippen LogP contribution in [-0.4, -0.2) is 52.1 Å². The van der Waals surface area contributed by atoms with Gasteiger partial charge in [-0.1, -0.05) is 18.2 Å². The molecule has 0 unspecified atom stereocenters. The SMILES string of the molecule is CCN(CC)c1ccc2c(c1)Oc1cc(N(CC)CC)ccc1C2c1ccc(S(=O)(=O)[O-])cc1S(=O)(=O)[O-].[Na+]. The summed E-state index contributed by atoms with van der Waals surface area (Å²) in [5, 5.41) is 0. The molecule has 0 spiro atoms. The Morgan fingerprint density at radius 3 is 1.49 bits per heavy atom. The summed E-state index contributed by atoms with van der Waals surface area (Å²) in [5.41, 5.74) is 3.14. The van der Waals surface area contributed by atoms with Crippen LogP contribution in [0.3, 0.4) is 0 Å². The van der Waals surface area contributed by atoms with Crippen molar-refractivity contribution in [3.8, 4) is 11.5 Å². The average molecular weight is 582 g/mol. The van der Waals surface area contributed by atoms with Crippen molar-refractivity contribution in [2.75, 3.05) is 36.0 Å². The Balaban J connectivity index is 0.00000420. The van der Waals surface area contributed by atoms with Gasteiger partial charge in [0, 0.05) is 66.7 Å². The maximum Gasteiger partial charge on any atom is 1.00 e. The fourth-order valence-corrected chi connectivity index (χ4v) is 6.33. The third-order valence-electron chi connectivity index (χ3n) is 6.95. The number of ether oxygens (including phenoxy) is 1. The van der Waals surface area contributed by atoms with Crippen molar-refractivity contribution in [2.24, 2.45) is 0 Å². The van der Waals surface area contributed by atoms with Gasteiger partial charge in [-0.2, -0.15) is 0 Å².